The lowest BCUT2D eigenvalue weighted by Gasteiger charge is -2.38. The Morgan fingerprint density at radius 2 is 2.16 bits per heavy atom. The number of benzene rings is 1. The van der Waals surface area contributed by atoms with E-state index in [4.69, 9.17) is 5.73 Å². The normalized spacial score (nSPS) is 19.5. The molecule has 4 nitrogen and oxygen atoms in total. The van der Waals surface area contributed by atoms with Crippen LogP contribution in [0.1, 0.15) is 41.8 Å². The van der Waals surface area contributed by atoms with E-state index in [-0.39, 0.29) is 11.9 Å². The first-order chi connectivity index (χ1) is 12.2. The number of hydrogen-bond donors (Lipinski definition) is 1. The Hall–Kier alpha value is -2.01. The first kappa shape index (κ1) is 16.5. The third-order valence-electron chi connectivity index (χ3n) is 5.51. The molecular weight excluding hydrogens is 330 g/mol. The van der Waals surface area contributed by atoms with Crippen molar-refractivity contribution in [2.75, 3.05) is 30.3 Å². The van der Waals surface area contributed by atoms with Gasteiger partial charge in [0, 0.05) is 29.3 Å². The first-order valence-electron chi connectivity index (χ1n) is 9.17. The molecule has 3 heterocycles. The molecule has 2 aliphatic heterocycles. The van der Waals surface area contributed by atoms with E-state index in [0.717, 1.165) is 50.1 Å². The fourth-order valence-electron chi connectivity index (χ4n) is 4.28. The molecule has 4 rings (SSSR count). The van der Waals surface area contributed by atoms with Gasteiger partial charge in [-0.05, 0) is 60.4 Å². The highest BCUT2D eigenvalue weighted by Crippen LogP contribution is 2.36. The molecule has 0 bridgehead atoms. The van der Waals surface area contributed by atoms with Gasteiger partial charge in [0.1, 0.15) is 0 Å². The molecule has 2 aromatic rings. The van der Waals surface area contributed by atoms with Crippen LogP contribution in [-0.4, -0.2) is 30.4 Å². The summed E-state index contributed by atoms with van der Waals surface area (Å²) in [7, 11) is 0. The molecule has 0 fully saturated rings. The Labute approximate surface area is 153 Å². The molecule has 1 amide bonds. The molecule has 0 spiro atoms. The zero-order chi connectivity index (χ0) is 17.4. The molecule has 0 aliphatic carbocycles. The van der Waals surface area contributed by atoms with Crippen LogP contribution >= 0.6 is 11.3 Å². The second-order valence-electron chi connectivity index (χ2n) is 6.93. The van der Waals surface area contributed by atoms with Crippen molar-refractivity contribution >= 4 is 28.6 Å². The summed E-state index contributed by atoms with van der Waals surface area (Å²) in [5, 5.41) is 2.16. The van der Waals surface area contributed by atoms with Crippen molar-refractivity contribution in [3.63, 3.8) is 0 Å². The van der Waals surface area contributed by atoms with Crippen molar-refractivity contribution in [1.29, 1.82) is 0 Å². The topological polar surface area (TPSA) is 49.6 Å². The van der Waals surface area contributed by atoms with Gasteiger partial charge in [0.05, 0.1) is 12.6 Å². The van der Waals surface area contributed by atoms with E-state index in [1.165, 1.54) is 16.0 Å². The maximum atomic E-state index is 13.1. The zero-order valence-electron chi connectivity index (χ0n) is 14.7. The van der Waals surface area contributed by atoms with Crippen LogP contribution in [0, 0.1) is 0 Å². The summed E-state index contributed by atoms with van der Waals surface area (Å²) in [6, 6.07) is 8.48. The standard InChI is InChI=1S/C20H25N3OS/c1-2-17-15-9-12-25-19(15)8-11-23(17)20(24)13-22-10-4-5-14-16(21)6-3-7-18(14)22/h3,6-7,9,12,17H,2,4-5,8,10-11,13,21H2,1H3. The lowest BCUT2D eigenvalue weighted by atomic mass is 9.97. The zero-order valence-corrected chi connectivity index (χ0v) is 15.5. The van der Waals surface area contributed by atoms with Gasteiger partial charge in [0.15, 0.2) is 0 Å². The molecule has 1 atom stereocenters. The number of nitrogens with two attached hydrogens (primary N) is 1. The number of rotatable bonds is 3. The smallest absolute Gasteiger partial charge is 0.242 e. The summed E-state index contributed by atoms with van der Waals surface area (Å²) in [6.45, 7) is 4.39. The summed E-state index contributed by atoms with van der Waals surface area (Å²) in [6.07, 6.45) is 4.02. The van der Waals surface area contributed by atoms with E-state index in [0.29, 0.717) is 6.54 Å². The van der Waals surface area contributed by atoms with Crippen LogP contribution in [0.5, 0.6) is 0 Å². The molecule has 132 valence electrons. The van der Waals surface area contributed by atoms with E-state index in [2.05, 4.69) is 34.2 Å². The maximum absolute atomic E-state index is 13.1. The van der Waals surface area contributed by atoms with E-state index in [9.17, 15) is 4.79 Å². The second-order valence-corrected chi connectivity index (χ2v) is 7.93. The predicted octanol–water partition coefficient (Wildman–Crippen LogP) is 3.62. The van der Waals surface area contributed by atoms with Gasteiger partial charge in [-0.15, -0.1) is 11.3 Å². The SMILES string of the molecule is CCC1c2ccsc2CCN1C(=O)CN1CCCc2c(N)cccc21. The fourth-order valence-corrected chi connectivity index (χ4v) is 5.21. The third kappa shape index (κ3) is 2.91. The number of thiophene rings is 1. The fraction of sp³-hybridized carbons (Fsp3) is 0.450. The van der Waals surface area contributed by atoms with Crippen LogP contribution in [0.4, 0.5) is 11.4 Å². The lowest BCUT2D eigenvalue weighted by molar-refractivity contribution is -0.132. The average molecular weight is 356 g/mol. The van der Waals surface area contributed by atoms with E-state index >= 15 is 0 Å². The van der Waals surface area contributed by atoms with Crippen LogP contribution < -0.4 is 10.6 Å². The van der Waals surface area contributed by atoms with E-state index < -0.39 is 0 Å². The highest BCUT2D eigenvalue weighted by Gasteiger charge is 2.31. The molecule has 2 N–H and O–H groups in total. The minimum absolute atomic E-state index is 0.229. The molecule has 25 heavy (non-hydrogen) atoms. The van der Waals surface area contributed by atoms with Gasteiger partial charge in [-0.2, -0.15) is 0 Å². The molecule has 2 aliphatic rings. The van der Waals surface area contributed by atoms with E-state index in [1.54, 1.807) is 0 Å². The van der Waals surface area contributed by atoms with Gasteiger partial charge in [-0.3, -0.25) is 4.79 Å². The Kier molecular flexibility index (Phi) is 4.42. The van der Waals surface area contributed by atoms with Gasteiger partial charge in [0.2, 0.25) is 5.91 Å². The largest absolute Gasteiger partial charge is 0.398 e. The van der Waals surface area contributed by atoms with Crippen molar-refractivity contribution in [3.05, 3.63) is 45.6 Å². The molecular formula is C20H25N3OS. The van der Waals surface area contributed by atoms with Crippen LogP contribution in [0.25, 0.3) is 0 Å². The summed E-state index contributed by atoms with van der Waals surface area (Å²) >= 11 is 1.82. The third-order valence-corrected chi connectivity index (χ3v) is 6.51. The molecule has 0 saturated carbocycles. The van der Waals surface area contributed by atoms with Crippen LogP contribution in [0.2, 0.25) is 0 Å². The number of anilines is 2. The highest BCUT2D eigenvalue weighted by molar-refractivity contribution is 7.10. The molecule has 1 unspecified atom stereocenters. The van der Waals surface area contributed by atoms with Gasteiger partial charge < -0.3 is 15.5 Å². The van der Waals surface area contributed by atoms with Crippen molar-refractivity contribution in [1.82, 2.24) is 4.90 Å². The average Bonchev–Trinajstić information content (AvgIpc) is 3.10. The molecule has 1 aromatic heterocycles. The minimum Gasteiger partial charge on any atom is -0.398 e. The Bertz CT molecular complexity index is 785. The number of hydrogen-bond acceptors (Lipinski definition) is 4. The molecule has 1 aromatic carbocycles. The van der Waals surface area contributed by atoms with Gasteiger partial charge >= 0.3 is 0 Å². The van der Waals surface area contributed by atoms with Gasteiger partial charge in [0.25, 0.3) is 0 Å². The first-order valence-corrected chi connectivity index (χ1v) is 10.0. The molecule has 0 radical (unpaired) electrons. The number of nitrogen functional groups attached to an aromatic ring is 1. The maximum Gasteiger partial charge on any atom is 0.242 e. The van der Waals surface area contributed by atoms with Crippen molar-refractivity contribution < 1.29 is 4.79 Å². The number of carbonyl (C=O) groups is 1. The lowest BCUT2D eigenvalue weighted by Crippen LogP contribution is -2.46. The van der Waals surface area contributed by atoms with Crippen molar-refractivity contribution in [2.45, 2.75) is 38.6 Å². The van der Waals surface area contributed by atoms with Crippen molar-refractivity contribution in [2.24, 2.45) is 0 Å². The minimum atomic E-state index is 0.229. The molecule has 0 saturated heterocycles. The van der Waals surface area contributed by atoms with Gasteiger partial charge in [-0.1, -0.05) is 13.0 Å². The highest BCUT2D eigenvalue weighted by atomic mass is 32.1. The number of carbonyl (C=O) groups excluding carboxylic acids is 1. The summed E-state index contributed by atoms with van der Waals surface area (Å²) < 4.78 is 0. The monoisotopic (exact) mass is 355 g/mol. The Balaban J connectivity index is 1.55. The summed E-state index contributed by atoms with van der Waals surface area (Å²) in [4.78, 5) is 18.9. The summed E-state index contributed by atoms with van der Waals surface area (Å²) in [5.41, 5.74) is 10.7. The van der Waals surface area contributed by atoms with Gasteiger partial charge in [-0.25, -0.2) is 0 Å². The van der Waals surface area contributed by atoms with Crippen LogP contribution in [-0.2, 0) is 17.6 Å². The van der Waals surface area contributed by atoms with E-state index in [1.807, 2.05) is 23.5 Å². The number of amides is 1. The second kappa shape index (κ2) is 6.71. The predicted molar refractivity (Wildman–Crippen MR) is 104 cm³/mol. The quantitative estimate of drug-likeness (QED) is 0.856. The Morgan fingerprint density at radius 1 is 1.28 bits per heavy atom. The number of nitrogens with zero attached hydrogens (tertiary/aromatic N) is 2. The number of fused-ring (bicyclic) bond motifs is 2. The Morgan fingerprint density at radius 3 is 3.00 bits per heavy atom. The summed E-state index contributed by atoms with van der Waals surface area (Å²) in [5.74, 6) is 0.235. The molecule has 5 heteroatoms. The van der Waals surface area contributed by atoms with Crippen LogP contribution in [0.15, 0.2) is 29.6 Å². The van der Waals surface area contributed by atoms with Crippen LogP contribution in [0.3, 0.4) is 0 Å². The van der Waals surface area contributed by atoms with Crippen molar-refractivity contribution in [3.8, 4) is 0 Å².